The third-order valence-corrected chi connectivity index (χ3v) is 4.93. The first kappa shape index (κ1) is 16.8. The van der Waals surface area contributed by atoms with Gasteiger partial charge < -0.3 is 15.3 Å². The van der Waals surface area contributed by atoms with Gasteiger partial charge in [-0.25, -0.2) is 4.79 Å². The van der Waals surface area contributed by atoms with E-state index in [4.69, 9.17) is 0 Å². The van der Waals surface area contributed by atoms with E-state index in [2.05, 4.69) is 5.32 Å². The second-order valence-electron chi connectivity index (χ2n) is 6.77. The van der Waals surface area contributed by atoms with Crippen LogP contribution in [0.5, 0.6) is 0 Å². The maximum absolute atomic E-state index is 12.6. The number of hydrogen-bond acceptors (Lipinski definition) is 3. The number of amides is 3. The molecule has 0 spiro atoms. The number of nitrogens with zero attached hydrogens (tertiary/aromatic N) is 2. The van der Waals surface area contributed by atoms with E-state index in [1.807, 2.05) is 45.0 Å². The lowest BCUT2D eigenvalue weighted by molar-refractivity contribution is -0.149. The van der Waals surface area contributed by atoms with Crippen LogP contribution < -0.4 is 10.2 Å². The SMILES string of the molecule is CCC(=O)N1[C@H](CO)[C@@H]2c3ccccc3N(C(=O)NC(C)C)C[C@@H]21. The van der Waals surface area contributed by atoms with Crippen molar-refractivity contribution < 1.29 is 14.7 Å². The van der Waals surface area contributed by atoms with E-state index in [9.17, 15) is 14.7 Å². The molecule has 0 aromatic heterocycles. The van der Waals surface area contributed by atoms with E-state index in [1.54, 1.807) is 9.80 Å². The number of carbonyl (C=O) groups excluding carboxylic acids is 2. The molecule has 2 aliphatic heterocycles. The Balaban J connectivity index is 1.97. The smallest absolute Gasteiger partial charge is 0.322 e. The zero-order valence-electron chi connectivity index (χ0n) is 14.4. The number of rotatable bonds is 3. The molecule has 6 nitrogen and oxygen atoms in total. The predicted octanol–water partition coefficient (Wildman–Crippen LogP) is 1.69. The third kappa shape index (κ3) is 2.55. The van der Waals surface area contributed by atoms with E-state index in [1.165, 1.54) is 0 Å². The van der Waals surface area contributed by atoms with Crippen LogP contribution in [0.15, 0.2) is 24.3 Å². The fourth-order valence-corrected chi connectivity index (χ4v) is 3.93. The van der Waals surface area contributed by atoms with Crippen molar-refractivity contribution in [1.82, 2.24) is 10.2 Å². The molecule has 2 aliphatic rings. The van der Waals surface area contributed by atoms with Crippen LogP contribution in [0.1, 0.15) is 38.7 Å². The van der Waals surface area contributed by atoms with Crippen LogP contribution in [-0.2, 0) is 4.79 Å². The Bertz CT molecular complexity index is 646. The Hall–Kier alpha value is -2.08. The summed E-state index contributed by atoms with van der Waals surface area (Å²) in [6, 6.07) is 7.42. The van der Waals surface area contributed by atoms with E-state index >= 15 is 0 Å². The monoisotopic (exact) mass is 331 g/mol. The summed E-state index contributed by atoms with van der Waals surface area (Å²) in [5.41, 5.74) is 1.91. The molecule has 1 aromatic rings. The lowest BCUT2D eigenvalue weighted by atomic mass is 9.72. The highest BCUT2D eigenvalue weighted by Gasteiger charge is 2.54. The maximum atomic E-state index is 12.6. The molecule has 6 heteroatoms. The lowest BCUT2D eigenvalue weighted by Gasteiger charge is -2.58. The number of aliphatic hydroxyl groups is 1. The second kappa shape index (κ2) is 6.43. The number of benzene rings is 1. The molecular weight excluding hydrogens is 306 g/mol. The molecule has 1 fully saturated rings. The van der Waals surface area contributed by atoms with Crippen LogP contribution in [0.3, 0.4) is 0 Å². The van der Waals surface area contributed by atoms with E-state index in [0.717, 1.165) is 11.3 Å². The van der Waals surface area contributed by atoms with E-state index in [0.29, 0.717) is 13.0 Å². The Labute approximate surface area is 142 Å². The van der Waals surface area contributed by atoms with Crippen LogP contribution in [0.4, 0.5) is 10.5 Å². The summed E-state index contributed by atoms with van der Waals surface area (Å²) in [6.45, 7) is 6.08. The summed E-state index contributed by atoms with van der Waals surface area (Å²) >= 11 is 0. The molecule has 3 rings (SSSR count). The number of urea groups is 1. The molecule has 3 atom stereocenters. The van der Waals surface area contributed by atoms with Crippen molar-refractivity contribution in [3.8, 4) is 0 Å². The summed E-state index contributed by atoms with van der Waals surface area (Å²) in [4.78, 5) is 28.4. The summed E-state index contributed by atoms with van der Waals surface area (Å²) in [5, 5.41) is 12.7. The van der Waals surface area contributed by atoms with Gasteiger partial charge in [0.05, 0.1) is 18.7 Å². The Morgan fingerprint density at radius 3 is 2.67 bits per heavy atom. The van der Waals surface area contributed by atoms with Crippen molar-refractivity contribution in [2.75, 3.05) is 18.1 Å². The highest BCUT2D eigenvalue weighted by Crippen LogP contribution is 2.48. The van der Waals surface area contributed by atoms with Gasteiger partial charge in [-0.05, 0) is 25.5 Å². The van der Waals surface area contributed by atoms with Crippen molar-refractivity contribution in [3.63, 3.8) is 0 Å². The van der Waals surface area contributed by atoms with Crippen molar-refractivity contribution in [2.24, 2.45) is 0 Å². The molecule has 2 N–H and O–H groups in total. The number of nitrogens with one attached hydrogen (secondary N) is 1. The van der Waals surface area contributed by atoms with Crippen LogP contribution in [-0.4, -0.2) is 53.2 Å². The lowest BCUT2D eigenvalue weighted by Crippen LogP contribution is -2.71. The van der Waals surface area contributed by atoms with Crippen LogP contribution in [0.25, 0.3) is 0 Å². The van der Waals surface area contributed by atoms with Crippen LogP contribution in [0, 0.1) is 0 Å². The summed E-state index contributed by atoms with van der Waals surface area (Å²) in [7, 11) is 0. The van der Waals surface area contributed by atoms with Crippen molar-refractivity contribution >= 4 is 17.6 Å². The van der Waals surface area contributed by atoms with Gasteiger partial charge in [0.1, 0.15) is 0 Å². The first-order chi connectivity index (χ1) is 11.5. The maximum Gasteiger partial charge on any atom is 0.322 e. The van der Waals surface area contributed by atoms with Crippen molar-refractivity contribution in [2.45, 2.75) is 51.2 Å². The predicted molar refractivity (Wildman–Crippen MR) is 92.0 cm³/mol. The molecule has 24 heavy (non-hydrogen) atoms. The van der Waals surface area contributed by atoms with Gasteiger partial charge in [0.15, 0.2) is 0 Å². The summed E-state index contributed by atoms with van der Waals surface area (Å²) in [5.74, 6) is 0.115. The number of carbonyl (C=O) groups is 2. The molecule has 3 amide bonds. The zero-order valence-corrected chi connectivity index (χ0v) is 14.4. The van der Waals surface area contributed by atoms with E-state index < -0.39 is 0 Å². The molecule has 0 aliphatic carbocycles. The number of hydrogen-bond donors (Lipinski definition) is 2. The summed E-state index contributed by atoms with van der Waals surface area (Å²) < 4.78 is 0. The van der Waals surface area contributed by atoms with Crippen LogP contribution in [0.2, 0.25) is 0 Å². The fourth-order valence-electron chi connectivity index (χ4n) is 3.93. The highest BCUT2D eigenvalue weighted by molar-refractivity contribution is 5.94. The first-order valence-corrected chi connectivity index (χ1v) is 8.58. The van der Waals surface area contributed by atoms with Gasteiger partial charge in [-0.1, -0.05) is 25.1 Å². The molecule has 130 valence electrons. The largest absolute Gasteiger partial charge is 0.394 e. The molecule has 0 saturated carbocycles. The average molecular weight is 331 g/mol. The zero-order chi connectivity index (χ0) is 17.4. The first-order valence-electron chi connectivity index (χ1n) is 8.58. The van der Waals surface area contributed by atoms with Crippen LogP contribution >= 0.6 is 0 Å². The Morgan fingerprint density at radius 1 is 1.33 bits per heavy atom. The fraction of sp³-hybridized carbons (Fsp3) is 0.556. The van der Waals surface area contributed by atoms with E-state index in [-0.39, 0.29) is 42.6 Å². The molecule has 0 radical (unpaired) electrons. The van der Waals surface area contributed by atoms with Gasteiger partial charge >= 0.3 is 6.03 Å². The van der Waals surface area contributed by atoms with Gasteiger partial charge in [-0.3, -0.25) is 9.69 Å². The minimum Gasteiger partial charge on any atom is -0.394 e. The number of likely N-dealkylation sites (tertiary alicyclic amines) is 1. The highest BCUT2D eigenvalue weighted by atomic mass is 16.3. The molecule has 2 heterocycles. The summed E-state index contributed by atoms with van der Waals surface area (Å²) in [6.07, 6.45) is 0.402. The topological polar surface area (TPSA) is 72.9 Å². The Kier molecular flexibility index (Phi) is 4.49. The van der Waals surface area contributed by atoms with Gasteiger partial charge in [0, 0.05) is 30.6 Å². The van der Waals surface area contributed by atoms with Gasteiger partial charge in [0.25, 0.3) is 0 Å². The normalized spacial score (nSPS) is 25.0. The number of anilines is 1. The number of para-hydroxylation sites is 1. The molecule has 1 aromatic carbocycles. The molecular formula is C18H25N3O3. The average Bonchev–Trinajstić information content (AvgIpc) is 2.54. The standard InChI is InChI=1S/C18H25N3O3/c1-4-16(23)21-14-9-20(18(24)19-11(2)3)13-8-6-5-7-12(13)17(14)15(21)10-22/h5-8,11,14-15,17,22H,4,9-10H2,1-3H3,(H,19,24)/t14-,15+,17+/m0/s1. The molecule has 1 saturated heterocycles. The van der Waals surface area contributed by atoms with Gasteiger partial charge in [-0.2, -0.15) is 0 Å². The quantitative estimate of drug-likeness (QED) is 0.885. The van der Waals surface area contributed by atoms with Gasteiger partial charge in [0.2, 0.25) is 5.91 Å². The number of aliphatic hydroxyl groups excluding tert-OH is 1. The minimum atomic E-state index is -0.195. The molecule has 0 unspecified atom stereocenters. The molecule has 0 bridgehead atoms. The number of fused-ring (bicyclic) bond motifs is 3. The minimum absolute atomic E-state index is 0.0268. The Morgan fingerprint density at radius 2 is 2.04 bits per heavy atom. The third-order valence-electron chi connectivity index (χ3n) is 4.93. The second-order valence-corrected chi connectivity index (χ2v) is 6.77. The van der Waals surface area contributed by atoms with Crippen molar-refractivity contribution in [3.05, 3.63) is 29.8 Å². The van der Waals surface area contributed by atoms with Crippen molar-refractivity contribution in [1.29, 1.82) is 0 Å². The van der Waals surface area contributed by atoms with Gasteiger partial charge in [-0.15, -0.1) is 0 Å².